The second kappa shape index (κ2) is 6.29. The fourth-order valence-corrected chi connectivity index (χ4v) is 2.59. The van der Waals surface area contributed by atoms with Crippen molar-refractivity contribution in [2.45, 2.75) is 6.92 Å². The van der Waals surface area contributed by atoms with Crippen LogP contribution in [0.2, 0.25) is 5.02 Å². The molecule has 0 atom stereocenters. The Labute approximate surface area is 141 Å². The summed E-state index contributed by atoms with van der Waals surface area (Å²) in [4.78, 5) is 28.6. The molecule has 2 heterocycles. The fraction of sp³-hybridized carbons (Fsp3) is 0.0625. The van der Waals surface area contributed by atoms with Gasteiger partial charge in [0.2, 0.25) is 0 Å². The Balaban J connectivity index is 1.80. The van der Waals surface area contributed by atoms with Gasteiger partial charge in [-0.25, -0.2) is 9.37 Å². The molecule has 0 saturated carbocycles. The molecule has 2 amide bonds. The first kappa shape index (κ1) is 15.9. The number of amides is 2. The molecule has 0 aliphatic heterocycles. The number of hydrogen-bond acceptors (Lipinski definition) is 3. The first-order valence-electron chi connectivity index (χ1n) is 6.97. The minimum atomic E-state index is -0.849. The quantitative estimate of drug-likeness (QED) is 0.700. The van der Waals surface area contributed by atoms with E-state index in [4.69, 9.17) is 11.6 Å². The summed E-state index contributed by atoms with van der Waals surface area (Å²) < 4.78 is 15.3. The minimum Gasteiger partial charge on any atom is -0.295 e. The van der Waals surface area contributed by atoms with Crippen molar-refractivity contribution in [3.8, 4) is 0 Å². The third-order valence-electron chi connectivity index (χ3n) is 3.40. The molecule has 0 unspecified atom stereocenters. The average Bonchev–Trinajstić information content (AvgIpc) is 2.88. The zero-order valence-corrected chi connectivity index (χ0v) is 13.3. The molecule has 0 spiro atoms. The number of imidazole rings is 1. The SMILES string of the molecule is Cc1nc2ccccn2c1C(=O)NNC(=O)c1c(F)cccc1Cl. The van der Waals surface area contributed by atoms with Crippen molar-refractivity contribution in [3.63, 3.8) is 0 Å². The highest BCUT2D eigenvalue weighted by Gasteiger charge is 2.19. The summed E-state index contributed by atoms with van der Waals surface area (Å²) in [6.07, 6.45) is 1.68. The Morgan fingerprint density at radius 2 is 1.88 bits per heavy atom. The number of nitrogens with one attached hydrogen (secondary N) is 2. The molecule has 1 aromatic carbocycles. The highest BCUT2D eigenvalue weighted by molar-refractivity contribution is 6.33. The number of nitrogens with zero attached hydrogens (tertiary/aromatic N) is 2. The van der Waals surface area contributed by atoms with Crippen LogP contribution in [-0.2, 0) is 0 Å². The average molecular weight is 347 g/mol. The highest BCUT2D eigenvalue weighted by atomic mass is 35.5. The summed E-state index contributed by atoms with van der Waals surface area (Å²) >= 11 is 5.81. The van der Waals surface area contributed by atoms with Crippen LogP contribution in [-0.4, -0.2) is 21.2 Å². The van der Waals surface area contributed by atoms with E-state index in [1.807, 2.05) is 0 Å². The Morgan fingerprint density at radius 3 is 2.62 bits per heavy atom. The zero-order chi connectivity index (χ0) is 17.3. The molecule has 0 aliphatic rings. The normalized spacial score (nSPS) is 10.6. The van der Waals surface area contributed by atoms with E-state index < -0.39 is 17.6 Å². The minimum absolute atomic E-state index is 0.0484. The van der Waals surface area contributed by atoms with E-state index in [0.29, 0.717) is 11.3 Å². The van der Waals surface area contributed by atoms with E-state index in [0.717, 1.165) is 6.07 Å². The number of hydrogen-bond donors (Lipinski definition) is 2. The molecule has 0 fully saturated rings. The van der Waals surface area contributed by atoms with Crippen LogP contribution in [0.5, 0.6) is 0 Å². The molecule has 2 aromatic heterocycles. The van der Waals surface area contributed by atoms with Gasteiger partial charge in [-0.3, -0.25) is 24.8 Å². The van der Waals surface area contributed by atoms with Gasteiger partial charge < -0.3 is 0 Å². The number of aryl methyl sites for hydroxylation is 1. The number of carbonyl (C=O) groups excluding carboxylic acids is 2. The maximum atomic E-state index is 13.7. The van der Waals surface area contributed by atoms with Crippen LogP contribution in [0.15, 0.2) is 42.6 Å². The summed E-state index contributed by atoms with van der Waals surface area (Å²) in [6.45, 7) is 1.68. The van der Waals surface area contributed by atoms with Crippen molar-refractivity contribution >= 4 is 29.1 Å². The smallest absolute Gasteiger partial charge is 0.288 e. The van der Waals surface area contributed by atoms with Crippen molar-refractivity contribution in [2.75, 3.05) is 0 Å². The fourth-order valence-electron chi connectivity index (χ4n) is 2.34. The monoisotopic (exact) mass is 346 g/mol. The van der Waals surface area contributed by atoms with Crippen molar-refractivity contribution < 1.29 is 14.0 Å². The third-order valence-corrected chi connectivity index (χ3v) is 3.71. The maximum Gasteiger partial charge on any atom is 0.288 e. The molecule has 6 nitrogen and oxygen atoms in total. The molecular formula is C16H12ClFN4O2. The Hall–Kier alpha value is -2.93. The first-order chi connectivity index (χ1) is 11.5. The van der Waals surface area contributed by atoms with Crippen molar-refractivity contribution in [1.82, 2.24) is 20.2 Å². The molecule has 24 heavy (non-hydrogen) atoms. The van der Waals surface area contributed by atoms with Gasteiger partial charge in [-0.05, 0) is 31.2 Å². The lowest BCUT2D eigenvalue weighted by atomic mass is 10.2. The summed E-state index contributed by atoms with van der Waals surface area (Å²) in [5, 5.41) is -0.0484. The largest absolute Gasteiger partial charge is 0.295 e. The van der Waals surface area contributed by atoms with E-state index >= 15 is 0 Å². The molecule has 2 N–H and O–H groups in total. The van der Waals surface area contributed by atoms with Crippen LogP contribution in [0.1, 0.15) is 26.5 Å². The Morgan fingerprint density at radius 1 is 1.12 bits per heavy atom. The van der Waals surface area contributed by atoms with Crippen LogP contribution >= 0.6 is 11.6 Å². The number of carbonyl (C=O) groups is 2. The lowest BCUT2D eigenvalue weighted by Crippen LogP contribution is -2.42. The summed E-state index contributed by atoms with van der Waals surface area (Å²) in [6, 6.07) is 9.18. The summed E-state index contributed by atoms with van der Waals surface area (Å²) in [7, 11) is 0. The molecule has 122 valence electrons. The second-order valence-electron chi connectivity index (χ2n) is 4.98. The van der Waals surface area contributed by atoms with E-state index in [1.165, 1.54) is 12.1 Å². The standard InChI is InChI=1S/C16H12ClFN4O2/c1-9-14(22-8-3-2-7-12(22)19-9)16(24)21-20-15(23)13-10(17)5-4-6-11(13)18/h2-8H,1H3,(H,20,23)(H,21,24). The summed E-state index contributed by atoms with van der Waals surface area (Å²) in [5.74, 6) is -2.20. The third kappa shape index (κ3) is 2.81. The van der Waals surface area contributed by atoms with E-state index in [1.54, 1.807) is 35.7 Å². The molecule has 0 saturated heterocycles. The molecule has 3 aromatic rings. The van der Waals surface area contributed by atoms with Crippen LogP contribution in [0.25, 0.3) is 5.65 Å². The number of rotatable bonds is 2. The molecular weight excluding hydrogens is 335 g/mol. The van der Waals surface area contributed by atoms with Gasteiger partial charge in [0.05, 0.1) is 16.3 Å². The topological polar surface area (TPSA) is 75.5 Å². The van der Waals surface area contributed by atoms with Gasteiger partial charge in [-0.1, -0.05) is 23.7 Å². The molecule has 0 aliphatic carbocycles. The lowest BCUT2D eigenvalue weighted by Gasteiger charge is -2.09. The van der Waals surface area contributed by atoms with E-state index in [9.17, 15) is 14.0 Å². The van der Waals surface area contributed by atoms with Crippen LogP contribution < -0.4 is 10.9 Å². The molecule has 3 rings (SSSR count). The van der Waals surface area contributed by atoms with E-state index in [-0.39, 0.29) is 16.3 Å². The van der Waals surface area contributed by atoms with Crippen LogP contribution in [0.3, 0.4) is 0 Å². The predicted molar refractivity (Wildman–Crippen MR) is 86.3 cm³/mol. The number of fused-ring (bicyclic) bond motifs is 1. The molecule has 8 heteroatoms. The zero-order valence-electron chi connectivity index (χ0n) is 12.5. The number of hydrazine groups is 1. The first-order valence-corrected chi connectivity index (χ1v) is 7.35. The Bertz CT molecular complexity index is 934. The maximum absolute atomic E-state index is 13.7. The van der Waals surface area contributed by atoms with Crippen LogP contribution in [0, 0.1) is 12.7 Å². The highest BCUT2D eigenvalue weighted by Crippen LogP contribution is 2.18. The van der Waals surface area contributed by atoms with Gasteiger partial charge in [-0.15, -0.1) is 0 Å². The Kier molecular flexibility index (Phi) is 4.18. The van der Waals surface area contributed by atoms with Gasteiger partial charge in [0.15, 0.2) is 0 Å². The van der Waals surface area contributed by atoms with Gasteiger partial charge in [-0.2, -0.15) is 0 Å². The number of aromatic nitrogens is 2. The summed E-state index contributed by atoms with van der Waals surface area (Å²) in [5.41, 5.74) is 5.43. The van der Waals surface area contributed by atoms with Gasteiger partial charge in [0.1, 0.15) is 17.2 Å². The molecule has 0 radical (unpaired) electrons. The van der Waals surface area contributed by atoms with Crippen LogP contribution in [0.4, 0.5) is 4.39 Å². The van der Waals surface area contributed by atoms with E-state index in [2.05, 4.69) is 15.8 Å². The van der Waals surface area contributed by atoms with Gasteiger partial charge in [0.25, 0.3) is 11.8 Å². The molecule has 0 bridgehead atoms. The van der Waals surface area contributed by atoms with Crippen molar-refractivity contribution in [3.05, 3.63) is 70.4 Å². The van der Waals surface area contributed by atoms with Crippen molar-refractivity contribution in [1.29, 1.82) is 0 Å². The predicted octanol–water partition coefficient (Wildman–Crippen LogP) is 2.51. The van der Waals surface area contributed by atoms with Gasteiger partial charge in [0, 0.05) is 6.20 Å². The number of pyridine rings is 1. The lowest BCUT2D eigenvalue weighted by molar-refractivity contribution is 0.0840. The second-order valence-corrected chi connectivity index (χ2v) is 5.39. The number of benzene rings is 1. The van der Waals surface area contributed by atoms with Crippen molar-refractivity contribution in [2.24, 2.45) is 0 Å². The number of halogens is 2. The van der Waals surface area contributed by atoms with Gasteiger partial charge >= 0.3 is 0 Å².